The molecule has 0 unspecified atom stereocenters. The predicted octanol–water partition coefficient (Wildman–Crippen LogP) is 5.45. The van der Waals surface area contributed by atoms with E-state index in [4.69, 9.17) is 16.3 Å². The van der Waals surface area contributed by atoms with Gasteiger partial charge in [-0.3, -0.25) is 0 Å². The van der Waals surface area contributed by atoms with Gasteiger partial charge in [-0.05, 0) is 50.9 Å². The van der Waals surface area contributed by atoms with Crippen molar-refractivity contribution in [2.75, 3.05) is 20.1 Å². The van der Waals surface area contributed by atoms with E-state index in [2.05, 4.69) is 25.4 Å². The minimum Gasteiger partial charge on any atom is -0.486 e. The van der Waals surface area contributed by atoms with Gasteiger partial charge in [0, 0.05) is 38.9 Å². The zero-order chi connectivity index (χ0) is 27.1. The first-order chi connectivity index (χ1) is 18.0. The number of piperidine rings is 1. The van der Waals surface area contributed by atoms with Crippen molar-refractivity contribution >= 4 is 11.6 Å². The summed E-state index contributed by atoms with van der Waals surface area (Å²) in [5.41, 5.74) is -1.94. The van der Waals surface area contributed by atoms with Gasteiger partial charge in [-0.2, -0.15) is 13.2 Å². The Morgan fingerprint density at radius 2 is 1.76 bits per heavy atom. The Hall–Kier alpha value is -2.73. The van der Waals surface area contributed by atoms with Crippen molar-refractivity contribution in [1.82, 2.24) is 34.7 Å². The van der Waals surface area contributed by atoms with Crippen LogP contribution in [0, 0.1) is 0 Å². The minimum atomic E-state index is -4.57. The molecule has 3 heterocycles. The first-order valence-corrected chi connectivity index (χ1v) is 13.1. The average molecular weight is 556 g/mol. The summed E-state index contributed by atoms with van der Waals surface area (Å²) in [5.74, 6) is 1.55. The number of hydrogen-bond donors (Lipinski definition) is 0. The number of likely N-dealkylation sites (tertiary alicyclic amines) is 1. The highest BCUT2D eigenvalue weighted by atomic mass is 35.5. The van der Waals surface area contributed by atoms with Crippen molar-refractivity contribution in [3.8, 4) is 5.75 Å². The van der Waals surface area contributed by atoms with Crippen LogP contribution in [-0.2, 0) is 25.5 Å². The van der Waals surface area contributed by atoms with Crippen LogP contribution in [0.2, 0.25) is 5.02 Å². The van der Waals surface area contributed by atoms with Crippen molar-refractivity contribution < 1.29 is 22.3 Å². The normalized spacial score (nSPS) is 22.5. The molecule has 1 aromatic carbocycles. The van der Waals surface area contributed by atoms with Crippen molar-refractivity contribution in [2.24, 2.45) is 7.05 Å². The molecule has 1 aliphatic carbocycles. The molecular weight excluding hydrogens is 526 g/mol. The Kier molecular flexibility index (Phi) is 7.38. The Morgan fingerprint density at radius 3 is 2.45 bits per heavy atom. The van der Waals surface area contributed by atoms with Crippen molar-refractivity contribution in [3.63, 3.8) is 0 Å². The molecule has 0 bridgehead atoms. The summed E-state index contributed by atoms with van der Waals surface area (Å²) in [6.45, 7) is 1.38. The molecule has 8 nitrogen and oxygen atoms in total. The quantitative estimate of drug-likeness (QED) is 0.377. The van der Waals surface area contributed by atoms with E-state index in [1.807, 2.05) is 23.3 Å². The van der Waals surface area contributed by atoms with E-state index in [0.29, 0.717) is 37.4 Å². The molecule has 13 heteroatoms. The highest BCUT2D eigenvalue weighted by molar-refractivity contribution is 6.31. The van der Waals surface area contributed by atoms with Gasteiger partial charge in [-0.25, -0.2) is 9.07 Å². The number of ether oxygens (including phenoxy) is 1. The number of alkyl halides is 4. The second kappa shape index (κ2) is 10.4. The SMILES string of the molecule is CN1CCC(F)(c2cn([C@H]3CC[C@H](c4nnc(COc5ccc(Cl)c(C(F)(F)F)c5)n4C)CC3)nn2)CC1. The fourth-order valence-corrected chi connectivity index (χ4v) is 5.53. The van der Waals surface area contributed by atoms with Gasteiger partial charge < -0.3 is 14.2 Å². The van der Waals surface area contributed by atoms with Gasteiger partial charge in [0.25, 0.3) is 0 Å². The predicted molar refractivity (Wildman–Crippen MR) is 132 cm³/mol. The number of benzene rings is 1. The molecule has 3 aromatic rings. The molecule has 0 radical (unpaired) electrons. The molecule has 0 atom stereocenters. The fourth-order valence-electron chi connectivity index (χ4n) is 5.30. The number of hydrogen-bond acceptors (Lipinski definition) is 6. The second-order valence-electron chi connectivity index (χ2n) is 10.3. The molecule has 1 aliphatic heterocycles. The van der Waals surface area contributed by atoms with Crippen LogP contribution >= 0.6 is 11.6 Å². The van der Waals surface area contributed by atoms with E-state index >= 15 is 4.39 Å². The second-order valence-corrected chi connectivity index (χ2v) is 10.7. The molecular formula is C25H30ClF4N7O. The van der Waals surface area contributed by atoms with Crippen molar-refractivity contribution in [3.05, 3.63) is 52.3 Å². The molecule has 0 N–H and O–H groups in total. The number of aromatic nitrogens is 6. The van der Waals surface area contributed by atoms with E-state index in [9.17, 15) is 13.2 Å². The van der Waals surface area contributed by atoms with E-state index in [1.54, 1.807) is 6.20 Å². The third kappa shape index (κ3) is 5.51. The molecule has 206 valence electrons. The lowest BCUT2D eigenvalue weighted by atomic mass is 9.85. The summed E-state index contributed by atoms with van der Waals surface area (Å²) >= 11 is 5.68. The van der Waals surface area contributed by atoms with E-state index in [1.165, 1.54) is 12.1 Å². The van der Waals surface area contributed by atoms with Crippen LogP contribution in [0.25, 0.3) is 0 Å². The van der Waals surface area contributed by atoms with Crippen LogP contribution in [0.1, 0.15) is 73.4 Å². The van der Waals surface area contributed by atoms with Gasteiger partial charge in [0.1, 0.15) is 23.9 Å². The minimum absolute atomic E-state index is 0.0275. The van der Waals surface area contributed by atoms with Crippen molar-refractivity contribution in [2.45, 2.75) is 68.9 Å². The molecule has 2 aromatic heterocycles. The third-order valence-corrected chi connectivity index (χ3v) is 8.12. The van der Waals surface area contributed by atoms with Crippen molar-refractivity contribution in [1.29, 1.82) is 0 Å². The van der Waals surface area contributed by atoms with Gasteiger partial charge >= 0.3 is 6.18 Å². The molecule has 1 saturated heterocycles. The first kappa shape index (κ1) is 26.9. The topological polar surface area (TPSA) is 73.9 Å². The van der Waals surface area contributed by atoms with Gasteiger partial charge in [0.2, 0.25) is 0 Å². The largest absolute Gasteiger partial charge is 0.486 e. The summed E-state index contributed by atoms with van der Waals surface area (Å²) in [5, 5.41) is 16.6. The summed E-state index contributed by atoms with van der Waals surface area (Å²) < 4.78 is 64.0. The maximum atomic E-state index is 15.4. The monoisotopic (exact) mass is 555 g/mol. The Bertz CT molecular complexity index is 1260. The van der Waals surface area contributed by atoms with Crippen LogP contribution in [0.15, 0.2) is 24.4 Å². The summed E-state index contributed by atoms with van der Waals surface area (Å²) in [6, 6.07) is 3.59. The first-order valence-electron chi connectivity index (χ1n) is 12.7. The van der Waals surface area contributed by atoms with E-state index in [0.717, 1.165) is 37.6 Å². The lowest BCUT2D eigenvalue weighted by Crippen LogP contribution is -2.38. The van der Waals surface area contributed by atoms with Gasteiger partial charge in [-0.1, -0.05) is 16.8 Å². The van der Waals surface area contributed by atoms with Crippen LogP contribution in [-0.4, -0.2) is 54.8 Å². The van der Waals surface area contributed by atoms with Crippen LogP contribution in [0.3, 0.4) is 0 Å². The van der Waals surface area contributed by atoms with Crippen LogP contribution < -0.4 is 4.74 Å². The molecule has 0 amide bonds. The van der Waals surface area contributed by atoms with E-state index < -0.39 is 17.4 Å². The maximum Gasteiger partial charge on any atom is 0.417 e. The highest BCUT2D eigenvalue weighted by Gasteiger charge is 2.39. The van der Waals surface area contributed by atoms with Crippen LogP contribution in [0.4, 0.5) is 17.6 Å². The van der Waals surface area contributed by atoms with E-state index in [-0.39, 0.29) is 29.3 Å². The number of nitrogens with zero attached hydrogens (tertiary/aromatic N) is 7. The number of rotatable bonds is 6. The Balaban J connectivity index is 1.18. The maximum absolute atomic E-state index is 15.4. The molecule has 38 heavy (non-hydrogen) atoms. The molecule has 0 spiro atoms. The van der Waals surface area contributed by atoms with Crippen LogP contribution in [0.5, 0.6) is 5.75 Å². The summed E-state index contributed by atoms with van der Waals surface area (Å²) in [7, 11) is 3.82. The third-order valence-electron chi connectivity index (χ3n) is 7.79. The molecule has 5 rings (SSSR count). The van der Waals surface area contributed by atoms with Gasteiger partial charge in [0.15, 0.2) is 11.5 Å². The average Bonchev–Trinajstić information content (AvgIpc) is 3.53. The highest BCUT2D eigenvalue weighted by Crippen LogP contribution is 2.40. The fraction of sp³-hybridized carbons (Fsp3) is 0.600. The lowest BCUT2D eigenvalue weighted by molar-refractivity contribution is -0.137. The zero-order valence-corrected chi connectivity index (χ0v) is 22.0. The van der Waals surface area contributed by atoms with Gasteiger partial charge in [-0.15, -0.1) is 15.3 Å². The molecule has 2 aliphatic rings. The Morgan fingerprint density at radius 1 is 1.05 bits per heavy atom. The molecule has 1 saturated carbocycles. The van der Waals surface area contributed by atoms with Gasteiger partial charge in [0.05, 0.1) is 22.8 Å². The number of halogens is 5. The summed E-state index contributed by atoms with van der Waals surface area (Å²) in [4.78, 5) is 2.12. The zero-order valence-electron chi connectivity index (χ0n) is 21.3. The summed E-state index contributed by atoms with van der Waals surface area (Å²) in [6.07, 6.45) is 1.45. The lowest BCUT2D eigenvalue weighted by Gasteiger charge is -2.33. The standard InChI is InChI=1S/C25H30ClF4N7O/c1-35-11-9-24(27,10-12-35)21-14-37(34-31-21)17-5-3-16(4-6-17)23-33-32-22(36(23)2)15-38-18-7-8-20(26)19(13-18)25(28,29)30/h7-8,13-14,16-17H,3-6,9-12,15H2,1-2H3/t16-,17-. The Labute approximate surface area is 222 Å². The molecule has 2 fully saturated rings. The smallest absolute Gasteiger partial charge is 0.417 e.